The van der Waals surface area contributed by atoms with Crippen LogP contribution in [0.1, 0.15) is 45.4 Å². The van der Waals surface area contributed by atoms with Gasteiger partial charge >= 0.3 is 5.97 Å². The molecule has 0 unspecified atom stereocenters. The molecule has 0 saturated carbocycles. The molecule has 1 aromatic carbocycles. The molecule has 0 spiro atoms. The van der Waals surface area contributed by atoms with E-state index in [0.717, 1.165) is 18.4 Å². The summed E-state index contributed by atoms with van der Waals surface area (Å²) in [6.07, 6.45) is 4.33. The second-order valence-electron chi connectivity index (χ2n) is 10.5. The van der Waals surface area contributed by atoms with Crippen molar-refractivity contribution in [3.8, 4) is 0 Å². The first-order valence-electron chi connectivity index (χ1n) is 12.0. The van der Waals surface area contributed by atoms with Crippen LogP contribution in [0.2, 0.25) is 18.1 Å². The monoisotopic (exact) mass is 498 g/mol. The van der Waals surface area contributed by atoms with Gasteiger partial charge in [0.05, 0.1) is 19.0 Å². The third-order valence-corrected chi connectivity index (χ3v) is 11.4. The normalized spacial score (nSPS) is 18.8. The molecule has 0 aliphatic carbocycles. The lowest BCUT2D eigenvalue weighted by Gasteiger charge is -2.36. The molecule has 0 bridgehead atoms. The maximum Gasteiger partial charge on any atom is 0.326 e. The number of nitrogens with zero attached hydrogens (tertiary/aromatic N) is 4. The zero-order valence-corrected chi connectivity index (χ0v) is 22.1. The van der Waals surface area contributed by atoms with Crippen molar-refractivity contribution in [3.63, 3.8) is 0 Å². The van der Waals surface area contributed by atoms with Gasteiger partial charge in [0, 0.05) is 0 Å². The van der Waals surface area contributed by atoms with Gasteiger partial charge in [-0.15, -0.1) is 0 Å². The van der Waals surface area contributed by atoms with E-state index in [1.807, 2.05) is 30.3 Å². The van der Waals surface area contributed by atoms with Crippen molar-refractivity contribution in [2.45, 2.75) is 77.2 Å². The number of aromatic nitrogens is 4. The van der Waals surface area contributed by atoms with E-state index in [0.29, 0.717) is 12.3 Å². The molecule has 3 heterocycles. The number of rotatable bonds is 8. The molecule has 2 atom stereocenters. The molecule has 10 heteroatoms. The van der Waals surface area contributed by atoms with E-state index >= 15 is 0 Å². The molecule has 4 rings (SSSR count). The number of carbonyl (C=O) groups excluding carboxylic acids is 1. The Bertz CT molecular complexity index is 1230. The second kappa shape index (κ2) is 10.0. The van der Waals surface area contributed by atoms with Crippen LogP contribution in [0.15, 0.2) is 47.8 Å². The molecule has 1 aliphatic rings. The minimum absolute atomic E-state index is 0.00803. The number of hydrogen-bond donors (Lipinski definition) is 0. The second-order valence-corrected chi connectivity index (χ2v) is 15.3. The summed E-state index contributed by atoms with van der Waals surface area (Å²) in [6, 6.07) is 9.38. The Kier molecular flexibility index (Phi) is 7.25. The van der Waals surface area contributed by atoms with Crippen LogP contribution in [0.4, 0.5) is 0 Å². The maximum atomic E-state index is 12.9. The van der Waals surface area contributed by atoms with Gasteiger partial charge in [0.15, 0.2) is 19.5 Å². The highest BCUT2D eigenvalue weighted by Crippen LogP contribution is 2.38. The molecule has 0 radical (unpaired) electrons. The summed E-state index contributed by atoms with van der Waals surface area (Å²) < 4.78 is 20.9. The Balaban J connectivity index is 1.39. The fourth-order valence-corrected chi connectivity index (χ4v) is 4.76. The Morgan fingerprint density at radius 2 is 1.89 bits per heavy atom. The van der Waals surface area contributed by atoms with Crippen molar-refractivity contribution >= 4 is 25.5 Å². The first-order chi connectivity index (χ1) is 16.5. The van der Waals surface area contributed by atoms with Gasteiger partial charge in [-0.3, -0.25) is 18.7 Å². The van der Waals surface area contributed by atoms with Crippen molar-refractivity contribution in [2.75, 3.05) is 6.61 Å². The fourth-order valence-electron chi connectivity index (χ4n) is 3.72. The van der Waals surface area contributed by atoms with E-state index in [2.05, 4.69) is 43.8 Å². The Morgan fingerprint density at radius 3 is 2.60 bits per heavy atom. The van der Waals surface area contributed by atoms with Crippen LogP contribution in [0.5, 0.6) is 0 Å². The summed E-state index contributed by atoms with van der Waals surface area (Å²) in [5.41, 5.74) is 1.14. The SMILES string of the molecule is CC(C)(C)[Si](C)(C)OC[C@@H]1CC[C@H](n2cnc3c(=O)n(CC(=O)OCc4ccccc4)cnc32)O1. The first-order valence-corrected chi connectivity index (χ1v) is 14.9. The number of hydrogen-bond acceptors (Lipinski definition) is 7. The number of carbonyl (C=O) groups is 1. The highest BCUT2D eigenvalue weighted by atomic mass is 28.4. The predicted molar refractivity (Wildman–Crippen MR) is 134 cm³/mol. The molecule has 0 amide bonds. The lowest BCUT2D eigenvalue weighted by Crippen LogP contribution is -2.42. The fraction of sp³-hybridized carbons (Fsp3) is 0.520. The van der Waals surface area contributed by atoms with Crippen molar-refractivity contribution < 1.29 is 18.7 Å². The van der Waals surface area contributed by atoms with E-state index in [9.17, 15) is 9.59 Å². The number of imidazole rings is 1. The van der Waals surface area contributed by atoms with Crippen LogP contribution in [0.25, 0.3) is 11.2 Å². The maximum absolute atomic E-state index is 12.9. The van der Waals surface area contributed by atoms with Gasteiger partial charge in [-0.2, -0.15) is 0 Å². The zero-order chi connectivity index (χ0) is 25.2. The summed E-state index contributed by atoms with van der Waals surface area (Å²) in [5, 5.41) is 0.142. The van der Waals surface area contributed by atoms with Crippen molar-refractivity contribution in [1.29, 1.82) is 0 Å². The number of benzene rings is 1. The van der Waals surface area contributed by atoms with Gasteiger partial charge in [0.2, 0.25) is 0 Å². The van der Waals surface area contributed by atoms with Gasteiger partial charge in [0.25, 0.3) is 5.56 Å². The zero-order valence-electron chi connectivity index (χ0n) is 21.1. The average Bonchev–Trinajstić information content (AvgIpc) is 3.45. The van der Waals surface area contributed by atoms with Crippen molar-refractivity contribution in [2.24, 2.45) is 0 Å². The number of esters is 1. The van der Waals surface area contributed by atoms with Gasteiger partial charge < -0.3 is 13.9 Å². The van der Waals surface area contributed by atoms with Crippen LogP contribution < -0.4 is 5.56 Å². The van der Waals surface area contributed by atoms with E-state index in [-0.39, 0.29) is 41.6 Å². The molecule has 1 saturated heterocycles. The van der Waals surface area contributed by atoms with Gasteiger partial charge in [-0.05, 0) is 36.5 Å². The minimum atomic E-state index is -1.85. The largest absolute Gasteiger partial charge is 0.459 e. The molecule has 2 aromatic heterocycles. The van der Waals surface area contributed by atoms with E-state index in [1.54, 1.807) is 10.9 Å². The summed E-state index contributed by atoms with van der Waals surface area (Å²) in [4.78, 5) is 33.9. The topological polar surface area (TPSA) is 97.5 Å². The first kappa shape index (κ1) is 25.3. The Labute approximate surface area is 206 Å². The van der Waals surface area contributed by atoms with Crippen LogP contribution in [-0.4, -0.2) is 46.1 Å². The minimum Gasteiger partial charge on any atom is -0.459 e. The lowest BCUT2D eigenvalue weighted by atomic mass is 10.2. The molecule has 35 heavy (non-hydrogen) atoms. The Morgan fingerprint density at radius 1 is 1.14 bits per heavy atom. The van der Waals surface area contributed by atoms with Crippen molar-refractivity contribution in [3.05, 3.63) is 58.9 Å². The Hall–Kier alpha value is -2.82. The van der Waals surface area contributed by atoms with Gasteiger partial charge in [0.1, 0.15) is 25.7 Å². The summed E-state index contributed by atoms with van der Waals surface area (Å²) in [5.74, 6) is -0.514. The smallest absolute Gasteiger partial charge is 0.326 e. The van der Waals surface area contributed by atoms with Gasteiger partial charge in [-0.25, -0.2) is 9.97 Å². The quantitative estimate of drug-likeness (QED) is 0.342. The van der Waals surface area contributed by atoms with Crippen LogP contribution in [0.3, 0.4) is 0 Å². The molecule has 0 N–H and O–H groups in total. The third-order valence-electron chi connectivity index (χ3n) is 6.92. The van der Waals surface area contributed by atoms with E-state index < -0.39 is 14.3 Å². The van der Waals surface area contributed by atoms with Crippen LogP contribution in [0, 0.1) is 0 Å². The average molecular weight is 499 g/mol. The van der Waals surface area contributed by atoms with Gasteiger partial charge in [-0.1, -0.05) is 51.1 Å². The third kappa shape index (κ3) is 5.71. The standard InChI is InChI=1S/C25H34N4O5Si/c1-25(2,3)35(4,5)33-15-19-11-12-20(34-19)29-17-26-22-23(29)27-16-28(24(22)31)13-21(30)32-14-18-9-7-6-8-10-18/h6-10,16-17,19-20H,11-15H2,1-5H3/t19-,20+/m0/s1. The molecular formula is C25H34N4O5Si. The number of fused-ring (bicyclic) bond motifs is 1. The molecule has 1 aliphatic heterocycles. The van der Waals surface area contributed by atoms with E-state index in [1.165, 1.54) is 10.9 Å². The molecule has 1 fully saturated rings. The predicted octanol–water partition coefficient (Wildman–Crippen LogP) is 4.04. The highest BCUT2D eigenvalue weighted by molar-refractivity contribution is 6.74. The number of ether oxygens (including phenoxy) is 2. The lowest BCUT2D eigenvalue weighted by molar-refractivity contribution is -0.145. The summed E-state index contributed by atoms with van der Waals surface area (Å²) in [7, 11) is -1.85. The molecular weight excluding hydrogens is 464 g/mol. The highest BCUT2D eigenvalue weighted by Gasteiger charge is 2.38. The van der Waals surface area contributed by atoms with Crippen molar-refractivity contribution in [1.82, 2.24) is 19.1 Å². The summed E-state index contributed by atoms with van der Waals surface area (Å²) >= 11 is 0. The molecule has 9 nitrogen and oxygen atoms in total. The summed E-state index contributed by atoms with van der Waals surface area (Å²) in [6.45, 7) is 11.6. The molecule has 3 aromatic rings. The van der Waals surface area contributed by atoms with Crippen LogP contribution >= 0.6 is 0 Å². The van der Waals surface area contributed by atoms with Crippen LogP contribution in [-0.2, 0) is 31.8 Å². The van der Waals surface area contributed by atoms with E-state index in [4.69, 9.17) is 13.9 Å². The molecule has 188 valence electrons.